The van der Waals surface area contributed by atoms with Crippen molar-refractivity contribution in [1.82, 2.24) is 9.88 Å². The van der Waals surface area contributed by atoms with Crippen LogP contribution in [0.5, 0.6) is 0 Å². The second-order valence-electron chi connectivity index (χ2n) is 5.95. The highest BCUT2D eigenvalue weighted by molar-refractivity contribution is 5.92. The zero-order valence-electron chi connectivity index (χ0n) is 13.1. The normalized spacial score (nSPS) is 16.0. The minimum absolute atomic E-state index is 0.0195. The van der Waals surface area contributed by atoms with Crippen LogP contribution in [-0.4, -0.2) is 48.6 Å². The summed E-state index contributed by atoms with van der Waals surface area (Å²) < 4.78 is 5.35. The van der Waals surface area contributed by atoms with Crippen molar-refractivity contribution in [2.75, 3.05) is 32.1 Å². The number of carbonyl (C=O) groups is 1. The van der Waals surface area contributed by atoms with Gasteiger partial charge in [0.1, 0.15) is 11.5 Å². The van der Waals surface area contributed by atoms with Crippen molar-refractivity contribution in [3.63, 3.8) is 0 Å². The lowest BCUT2D eigenvalue weighted by molar-refractivity contribution is 0.0495. The first kappa shape index (κ1) is 15.8. The standard InChI is InChI=1S/C16H25N3O2/c1-12(2)17-15-6-4-5-14(18-15)16(20)19(3)11-13-7-9-21-10-8-13/h4-6,12-13H,7-11H2,1-3H3,(H,17,18). The zero-order chi connectivity index (χ0) is 15.2. The summed E-state index contributed by atoms with van der Waals surface area (Å²) in [5, 5.41) is 3.22. The van der Waals surface area contributed by atoms with Crippen molar-refractivity contribution in [2.24, 2.45) is 5.92 Å². The molecule has 5 nitrogen and oxygen atoms in total. The van der Waals surface area contributed by atoms with E-state index in [4.69, 9.17) is 4.74 Å². The summed E-state index contributed by atoms with van der Waals surface area (Å²) in [6, 6.07) is 5.82. The highest BCUT2D eigenvalue weighted by Crippen LogP contribution is 2.16. The van der Waals surface area contributed by atoms with Crippen LogP contribution < -0.4 is 5.32 Å². The van der Waals surface area contributed by atoms with E-state index in [9.17, 15) is 4.79 Å². The van der Waals surface area contributed by atoms with Crippen molar-refractivity contribution in [3.8, 4) is 0 Å². The topological polar surface area (TPSA) is 54.5 Å². The zero-order valence-corrected chi connectivity index (χ0v) is 13.1. The molecule has 2 heterocycles. The molecule has 1 aromatic heterocycles. The molecule has 0 aromatic carbocycles. The molecule has 1 fully saturated rings. The minimum Gasteiger partial charge on any atom is -0.381 e. The lowest BCUT2D eigenvalue weighted by Crippen LogP contribution is -2.34. The molecule has 1 N–H and O–H groups in total. The lowest BCUT2D eigenvalue weighted by Gasteiger charge is -2.27. The van der Waals surface area contributed by atoms with E-state index in [1.807, 2.05) is 33.0 Å². The molecule has 0 aliphatic carbocycles. The van der Waals surface area contributed by atoms with Crippen LogP contribution in [0.25, 0.3) is 0 Å². The van der Waals surface area contributed by atoms with Crippen molar-refractivity contribution in [1.29, 1.82) is 0 Å². The first-order valence-corrected chi connectivity index (χ1v) is 7.63. The van der Waals surface area contributed by atoms with Gasteiger partial charge >= 0.3 is 0 Å². The fraction of sp³-hybridized carbons (Fsp3) is 0.625. The Morgan fingerprint density at radius 3 is 2.81 bits per heavy atom. The maximum atomic E-state index is 12.5. The molecule has 1 amide bonds. The Hall–Kier alpha value is -1.62. The maximum absolute atomic E-state index is 12.5. The number of amides is 1. The summed E-state index contributed by atoms with van der Waals surface area (Å²) in [5.74, 6) is 1.26. The number of rotatable bonds is 5. The van der Waals surface area contributed by atoms with Gasteiger partial charge in [0.25, 0.3) is 5.91 Å². The van der Waals surface area contributed by atoms with Crippen LogP contribution in [0.4, 0.5) is 5.82 Å². The van der Waals surface area contributed by atoms with Gasteiger partial charge in [-0.25, -0.2) is 4.98 Å². The van der Waals surface area contributed by atoms with Gasteiger partial charge in [-0.1, -0.05) is 6.07 Å². The Morgan fingerprint density at radius 2 is 2.14 bits per heavy atom. The highest BCUT2D eigenvalue weighted by atomic mass is 16.5. The monoisotopic (exact) mass is 291 g/mol. The van der Waals surface area contributed by atoms with Crippen LogP contribution in [0.3, 0.4) is 0 Å². The molecular weight excluding hydrogens is 266 g/mol. The molecule has 0 saturated carbocycles. The molecule has 1 aromatic rings. The number of ether oxygens (including phenoxy) is 1. The van der Waals surface area contributed by atoms with E-state index >= 15 is 0 Å². The van der Waals surface area contributed by atoms with E-state index in [-0.39, 0.29) is 5.91 Å². The van der Waals surface area contributed by atoms with Gasteiger partial charge in [0, 0.05) is 32.8 Å². The molecule has 1 aliphatic rings. The van der Waals surface area contributed by atoms with E-state index in [0.29, 0.717) is 17.7 Å². The number of hydrogen-bond donors (Lipinski definition) is 1. The number of carbonyl (C=O) groups excluding carboxylic acids is 1. The van der Waals surface area contributed by atoms with E-state index < -0.39 is 0 Å². The van der Waals surface area contributed by atoms with Gasteiger partial charge in [-0.2, -0.15) is 0 Å². The molecule has 2 rings (SSSR count). The third-order valence-electron chi connectivity index (χ3n) is 3.62. The van der Waals surface area contributed by atoms with Crippen LogP contribution in [-0.2, 0) is 4.74 Å². The van der Waals surface area contributed by atoms with E-state index in [0.717, 1.165) is 38.4 Å². The van der Waals surface area contributed by atoms with Gasteiger partial charge in [0.15, 0.2) is 0 Å². The minimum atomic E-state index is -0.0195. The molecule has 0 unspecified atom stereocenters. The number of anilines is 1. The fourth-order valence-corrected chi connectivity index (χ4v) is 2.52. The van der Waals surface area contributed by atoms with Gasteiger partial charge < -0.3 is 15.0 Å². The quantitative estimate of drug-likeness (QED) is 0.905. The van der Waals surface area contributed by atoms with Crippen LogP contribution in [0.2, 0.25) is 0 Å². The second-order valence-corrected chi connectivity index (χ2v) is 5.95. The Kier molecular flexibility index (Phi) is 5.56. The molecule has 1 saturated heterocycles. The van der Waals surface area contributed by atoms with Crippen LogP contribution in [0, 0.1) is 5.92 Å². The Balaban J connectivity index is 1.97. The van der Waals surface area contributed by atoms with Gasteiger partial charge in [-0.05, 0) is 44.7 Å². The summed E-state index contributed by atoms with van der Waals surface area (Å²) in [6.45, 7) is 6.48. The Bertz CT molecular complexity index is 470. The largest absolute Gasteiger partial charge is 0.381 e. The summed E-state index contributed by atoms with van der Waals surface area (Å²) in [6.07, 6.45) is 2.06. The lowest BCUT2D eigenvalue weighted by atomic mass is 10.00. The first-order chi connectivity index (χ1) is 10.1. The Labute approximate surface area is 126 Å². The van der Waals surface area contributed by atoms with Gasteiger partial charge in [-0.15, -0.1) is 0 Å². The molecule has 5 heteroatoms. The summed E-state index contributed by atoms with van der Waals surface area (Å²) in [5.41, 5.74) is 0.496. The summed E-state index contributed by atoms with van der Waals surface area (Å²) >= 11 is 0. The van der Waals surface area contributed by atoms with Crippen LogP contribution >= 0.6 is 0 Å². The smallest absolute Gasteiger partial charge is 0.272 e. The van der Waals surface area contributed by atoms with Crippen molar-refractivity contribution < 1.29 is 9.53 Å². The molecule has 1 aliphatic heterocycles. The molecule has 0 radical (unpaired) electrons. The highest BCUT2D eigenvalue weighted by Gasteiger charge is 2.20. The first-order valence-electron chi connectivity index (χ1n) is 7.63. The molecule has 21 heavy (non-hydrogen) atoms. The van der Waals surface area contributed by atoms with Gasteiger partial charge in [0.2, 0.25) is 0 Å². The van der Waals surface area contributed by atoms with E-state index in [2.05, 4.69) is 10.3 Å². The molecular formula is C16H25N3O2. The average molecular weight is 291 g/mol. The average Bonchev–Trinajstić information content (AvgIpc) is 2.47. The van der Waals surface area contributed by atoms with Crippen molar-refractivity contribution in [2.45, 2.75) is 32.7 Å². The number of pyridine rings is 1. The van der Waals surface area contributed by atoms with Crippen LogP contribution in [0.15, 0.2) is 18.2 Å². The predicted molar refractivity (Wildman–Crippen MR) is 83.5 cm³/mol. The van der Waals surface area contributed by atoms with E-state index in [1.165, 1.54) is 0 Å². The van der Waals surface area contributed by atoms with Gasteiger partial charge in [-0.3, -0.25) is 4.79 Å². The maximum Gasteiger partial charge on any atom is 0.272 e. The molecule has 0 atom stereocenters. The predicted octanol–water partition coefficient (Wildman–Crippen LogP) is 2.40. The molecule has 116 valence electrons. The van der Waals surface area contributed by atoms with E-state index in [1.54, 1.807) is 11.0 Å². The number of nitrogens with one attached hydrogen (secondary N) is 1. The van der Waals surface area contributed by atoms with Crippen molar-refractivity contribution in [3.05, 3.63) is 23.9 Å². The third kappa shape index (κ3) is 4.70. The number of hydrogen-bond acceptors (Lipinski definition) is 4. The molecule has 0 bridgehead atoms. The summed E-state index contributed by atoms with van der Waals surface area (Å²) in [7, 11) is 1.85. The molecule has 0 spiro atoms. The van der Waals surface area contributed by atoms with Crippen molar-refractivity contribution >= 4 is 11.7 Å². The summed E-state index contributed by atoms with van der Waals surface area (Å²) in [4.78, 5) is 18.6. The SMILES string of the molecule is CC(C)Nc1cccc(C(=O)N(C)CC2CCOCC2)n1. The Morgan fingerprint density at radius 1 is 1.43 bits per heavy atom. The van der Waals surface area contributed by atoms with Gasteiger partial charge in [0.05, 0.1) is 0 Å². The number of aromatic nitrogens is 1. The fourth-order valence-electron chi connectivity index (χ4n) is 2.52. The van der Waals surface area contributed by atoms with Crippen LogP contribution in [0.1, 0.15) is 37.2 Å². The second kappa shape index (κ2) is 7.41. The number of nitrogens with zero attached hydrogens (tertiary/aromatic N) is 2. The third-order valence-corrected chi connectivity index (χ3v) is 3.62.